The van der Waals surface area contributed by atoms with Gasteiger partial charge in [-0.05, 0) is 52.5 Å². The number of urea groups is 1. The zero-order valence-corrected chi connectivity index (χ0v) is 16.3. The van der Waals surface area contributed by atoms with Crippen LogP contribution < -0.4 is 20.4 Å². The van der Waals surface area contributed by atoms with E-state index >= 15 is 0 Å². The number of amides is 2. The van der Waals surface area contributed by atoms with E-state index in [0.29, 0.717) is 5.92 Å². The van der Waals surface area contributed by atoms with Crippen LogP contribution in [0.3, 0.4) is 0 Å². The number of piperidine rings is 1. The van der Waals surface area contributed by atoms with E-state index in [0.717, 1.165) is 37.7 Å². The summed E-state index contributed by atoms with van der Waals surface area (Å²) in [4.78, 5) is 25.2. The number of rotatable bonds is 4. The highest BCUT2D eigenvalue weighted by atomic mass is 16.2. The average molecular weight is 348 g/mol. The van der Waals surface area contributed by atoms with E-state index in [-0.39, 0.29) is 17.6 Å². The molecular weight excluding hydrogens is 316 g/mol. The van der Waals surface area contributed by atoms with Gasteiger partial charge in [0, 0.05) is 45.0 Å². The van der Waals surface area contributed by atoms with Crippen molar-refractivity contribution in [1.82, 2.24) is 20.6 Å². The Hall–Kier alpha value is -2.05. The summed E-state index contributed by atoms with van der Waals surface area (Å²) in [5.74, 6) is 2.07. The maximum absolute atomic E-state index is 12.1. The number of aromatic nitrogens is 2. The van der Waals surface area contributed by atoms with Crippen molar-refractivity contribution in [2.75, 3.05) is 37.0 Å². The van der Waals surface area contributed by atoms with Gasteiger partial charge in [-0.1, -0.05) is 0 Å². The van der Waals surface area contributed by atoms with Crippen molar-refractivity contribution in [1.29, 1.82) is 0 Å². The highest BCUT2D eigenvalue weighted by Gasteiger charge is 2.27. The third-order valence-electron chi connectivity index (χ3n) is 4.36. The topological polar surface area (TPSA) is 73.4 Å². The van der Waals surface area contributed by atoms with Crippen LogP contribution in [0.5, 0.6) is 0 Å². The highest BCUT2D eigenvalue weighted by Crippen LogP contribution is 2.24. The van der Waals surface area contributed by atoms with Crippen LogP contribution in [0.4, 0.5) is 16.6 Å². The van der Waals surface area contributed by atoms with Gasteiger partial charge in [-0.2, -0.15) is 4.98 Å². The molecule has 140 valence electrons. The lowest BCUT2D eigenvalue weighted by molar-refractivity contribution is 0.221. The Morgan fingerprint density at radius 1 is 1.40 bits per heavy atom. The lowest BCUT2D eigenvalue weighted by Crippen LogP contribution is -2.52. The minimum absolute atomic E-state index is 0.103. The van der Waals surface area contributed by atoms with E-state index in [1.54, 1.807) is 6.20 Å². The maximum Gasteiger partial charge on any atom is 0.315 e. The van der Waals surface area contributed by atoms with Crippen LogP contribution >= 0.6 is 0 Å². The Morgan fingerprint density at radius 3 is 2.76 bits per heavy atom. The Morgan fingerprint density at radius 2 is 2.12 bits per heavy atom. The number of hydrogen-bond acceptors (Lipinski definition) is 5. The molecule has 7 heteroatoms. The van der Waals surface area contributed by atoms with E-state index in [9.17, 15) is 4.79 Å². The highest BCUT2D eigenvalue weighted by molar-refractivity contribution is 5.75. The normalized spacial score (nSPS) is 19.3. The van der Waals surface area contributed by atoms with Crippen LogP contribution in [-0.4, -0.2) is 54.8 Å². The molecule has 2 amide bonds. The van der Waals surface area contributed by atoms with E-state index in [4.69, 9.17) is 0 Å². The number of carbonyl (C=O) groups is 1. The lowest BCUT2D eigenvalue weighted by atomic mass is 9.91. The Labute approximate surface area is 151 Å². The van der Waals surface area contributed by atoms with Gasteiger partial charge in [0.2, 0.25) is 5.95 Å². The molecule has 0 saturated carbocycles. The van der Waals surface area contributed by atoms with Crippen LogP contribution in [-0.2, 0) is 0 Å². The molecule has 1 aliphatic heterocycles. The van der Waals surface area contributed by atoms with Crippen molar-refractivity contribution in [2.45, 2.75) is 52.1 Å². The Bertz CT molecular complexity index is 583. The molecule has 0 spiro atoms. The van der Waals surface area contributed by atoms with Crippen LogP contribution in [0.15, 0.2) is 12.3 Å². The molecule has 2 rings (SSSR count). The summed E-state index contributed by atoms with van der Waals surface area (Å²) in [6.45, 7) is 9.91. The lowest BCUT2D eigenvalue weighted by Gasteiger charge is -2.37. The fourth-order valence-corrected chi connectivity index (χ4v) is 3.06. The molecule has 1 fully saturated rings. The van der Waals surface area contributed by atoms with E-state index in [1.165, 1.54) is 0 Å². The van der Waals surface area contributed by atoms with Gasteiger partial charge in [-0.25, -0.2) is 9.78 Å². The van der Waals surface area contributed by atoms with Gasteiger partial charge in [-0.15, -0.1) is 0 Å². The van der Waals surface area contributed by atoms with Crippen LogP contribution in [0.2, 0.25) is 0 Å². The second kappa shape index (κ2) is 7.89. The van der Waals surface area contributed by atoms with E-state index in [1.807, 2.05) is 45.8 Å². The smallest absolute Gasteiger partial charge is 0.315 e. The minimum Gasteiger partial charge on any atom is -0.356 e. The Balaban J connectivity index is 1.98. The summed E-state index contributed by atoms with van der Waals surface area (Å²) in [6.07, 6.45) is 4.01. The monoisotopic (exact) mass is 348 g/mol. The molecule has 2 atom stereocenters. The van der Waals surface area contributed by atoms with Crippen molar-refractivity contribution < 1.29 is 4.79 Å². The summed E-state index contributed by atoms with van der Waals surface area (Å²) in [6, 6.07) is 1.97. The van der Waals surface area contributed by atoms with Crippen molar-refractivity contribution in [3.8, 4) is 0 Å². The van der Waals surface area contributed by atoms with Crippen LogP contribution in [0.25, 0.3) is 0 Å². The van der Waals surface area contributed by atoms with E-state index in [2.05, 4.69) is 32.4 Å². The van der Waals surface area contributed by atoms with Crippen molar-refractivity contribution in [2.24, 2.45) is 5.92 Å². The summed E-state index contributed by atoms with van der Waals surface area (Å²) >= 11 is 0. The van der Waals surface area contributed by atoms with Gasteiger partial charge >= 0.3 is 6.03 Å². The molecule has 7 nitrogen and oxygen atoms in total. The number of hydrogen-bond donors (Lipinski definition) is 2. The Kier molecular flexibility index (Phi) is 6.08. The molecule has 1 aromatic heterocycles. The van der Waals surface area contributed by atoms with Gasteiger partial charge < -0.3 is 20.4 Å². The second-order valence-electron chi connectivity index (χ2n) is 8.09. The number of nitrogens with zero attached hydrogens (tertiary/aromatic N) is 4. The number of nitrogens with one attached hydrogen (secondary N) is 2. The van der Waals surface area contributed by atoms with Gasteiger partial charge in [0.1, 0.15) is 5.82 Å². The molecule has 0 aromatic carbocycles. The first-order valence-corrected chi connectivity index (χ1v) is 9.00. The molecule has 25 heavy (non-hydrogen) atoms. The molecule has 1 saturated heterocycles. The van der Waals surface area contributed by atoms with Crippen molar-refractivity contribution >= 4 is 17.8 Å². The zero-order valence-electron chi connectivity index (χ0n) is 16.3. The average Bonchev–Trinajstić information content (AvgIpc) is 2.53. The molecule has 0 radical (unpaired) electrons. The van der Waals surface area contributed by atoms with Gasteiger partial charge in [0.15, 0.2) is 0 Å². The first-order valence-electron chi connectivity index (χ1n) is 9.00. The van der Waals surface area contributed by atoms with Crippen LogP contribution in [0.1, 0.15) is 40.5 Å². The number of anilines is 2. The molecule has 0 bridgehead atoms. The summed E-state index contributed by atoms with van der Waals surface area (Å²) < 4.78 is 0. The molecule has 2 N–H and O–H groups in total. The molecular formula is C18H32N6O. The molecule has 1 aliphatic rings. The molecule has 0 aliphatic carbocycles. The van der Waals surface area contributed by atoms with E-state index < -0.39 is 0 Å². The first-order chi connectivity index (χ1) is 11.7. The molecule has 2 heterocycles. The summed E-state index contributed by atoms with van der Waals surface area (Å²) in [5.41, 5.74) is -0.230. The summed E-state index contributed by atoms with van der Waals surface area (Å²) in [7, 11) is 3.88. The number of carbonyl (C=O) groups excluding carboxylic acids is 1. The molecule has 0 unspecified atom stereocenters. The summed E-state index contributed by atoms with van der Waals surface area (Å²) in [5, 5.41) is 6.05. The van der Waals surface area contributed by atoms with Gasteiger partial charge in [-0.3, -0.25) is 0 Å². The largest absolute Gasteiger partial charge is 0.356 e. The minimum atomic E-state index is -0.230. The van der Waals surface area contributed by atoms with Crippen molar-refractivity contribution in [3.63, 3.8) is 0 Å². The fraction of sp³-hybridized carbons (Fsp3) is 0.722. The standard InChI is InChI=1S/C18H32N6O/c1-13(20-17(25)22-18(2,3)4)14-8-7-11-24(12-14)15-9-10-19-16(21-15)23(5)6/h9-10,13-14H,7-8,11-12H2,1-6H3,(H2,20,22,25)/t13-,14-/m0/s1. The van der Waals surface area contributed by atoms with Gasteiger partial charge in [0.25, 0.3) is 0 Å². The van der Waals surface area contributed by atoms with Gasteiger partial charge in [0.05, 0.1) is 0 Å². The molecule has 1 aromatic rings. The predicted octanol–water partition coefficient (Wildman–Crippen LogP) is 2.25. The fourth-order valence-electron chi connectivity index (χ4n) is 3.06. The maximum atomic E-state index is 12.1. The quantitative estimate of drug-likeness (QED) is 0.873. The first kappa shape index (κ1) is 19.3. The second-order valence-corrected chi connectivity index (χ2v) is 8.09. The SMILES string of the molecule is C[C@H](NC(=O)NC(C)(C)C)[C@H]1CCCN(c2ccnc(N(C)C)n2)C1. The van der Waals surface area contributed by atoms with Crippen molar-refractivity contribution in [3.05, 3.63) is 12.3 Å². The third-order valence-corrected chi connectivity index (χ3v) is 4.36. The third kappa shape index (κ3) is 5.76. The van der Waals surface area contributed by atoms with Crippen LogP contribution in [0, 0.1) is 5.92 Å². The zero-order chi connectivity index (χ0) is 18.6. The predicted molar refractivity (Wildman–Crippen MR) is 102 cm³/mol.